The van der Waals surface area contributed by atoms with Gasteiger partial charge in [-0.25, -0.2) is 0 Å². The maximum absolute atomic E-state index is 12.0. The Kier molecular flexibility index (Phi) is 6.41. The largest absolute Gasteiger partial charge is 0.484 e. The minimum atomic E-state index is -0.281. The van der Waals surface area contributed by atoms with Gasteiger partial charge in [-0.05, 0) is 42.3 Å². The molecular weight excluding hydrogens is 380 g/mol. The SMILES string of the molecule is Cc1cccc(OCC(=O)Nc2nnc(SCc3ccc(C#N)cc3)s2)c1. The highest BCUT2D eigenvalue weighted by Crippen LogP contribution is 2.28. The summed E-state index contributed by atoms with van der Waals surface area (Å²) in [5.41, 5.74) is 2.80. The predicted octanol–water partition coefficient (Wildman–Crippen LogP) is 4.03. The number of thioether (sulfide) groups is 1. The Morgan fingerprint density at radius 3 is 2.81 bits per heavy atom. The molecule has 0 atom stereocenters. The Hall–Kier alpha value is -2.89. The van der Waals surface area contributed by atoms with Crippen molar-refractivity contribution in [3.05, 3.63) is 65.2 Å². The zero-order chi connectivity index (χ0) is 19.1. The van der Waals surface area contributed by atoms with Crippen LogP contribution < -0.4 is 10.1 Å². The number of hydrogen-bond acceptors (Lipinski definition) is 7. The number of rotatable bonds is 7. The number of hydrogen-bond donors (Lipinski definition) is 1. The van der Waals surface area contributed by atoms with Gasteiger partial charge in [0.25, 0.3) is 5.91 Å². The van der Waals surface area contributed by atoms with Gasteiger partial charge in [0.15, 0.2) is 10.9 Å². The molecule has 6 nitrogen and oxygen atoms in total. The molecule has 3 rings (SSSR count). The van der Waals surface area contributed by atoms with Crippen LogP contribution in [0.1, 0.15) is 16.7 Å². The maximum Gasteiger partial charge on any atom is 0.264 e. The summed E-state index contributed by atoms with van der Waals surface area (Å²) < 4.78 is 6.23. The second kappa shape index (κ2) is 9.16. The predicted molar refractivity (Wildman–Crippen MR) is 106 cm³/mol. The molecule has 0 radical (unpaired) electrons. The Labute approximate surface area is 165 Å². The van der Waals surface area contributed by atoms with E-state index in [2.05, 4.69) is 21.6 Å². The number of anilines is 1. The van der Waals surface area contributed by atoms with Crippen LogP contribution >= 0.6 is 23.1 Å². The third-order valence-corrected chi connectivity index (χ3v) is 5.50. The Morgan fingerprint density at radius 2 is 2.07 bits per heavy atom. The summed E-state index contributed by atoms with van der Waals surface area (Å²) in [6, 6.07) is 17.0. The Morgan fingerprint density at radius 1 is 1.26 bits per heavy atom. The van der Waals surface area contributed by atoms with Crippen LogP contribution in [0.2, 0.25) is 0 Å². The lowest BCUT2D eigenvalue weighted by molar-refractivity contribution is -0.118. The van der Waals surface area contributed by atoms with Crippen LogP contribution in [-0.4, -0.2) is 22.7 Å². The molecule has 0 fully saturated rings. The number of amides is 1. The van der Waals surface area contributed by atoms with E-state index >= 15 is 0 Å². The normalized spacial score (nSPS) is 10.2. The summed E-state index contributed by atoms with van der Waals surface area (Å²) in [6.45, 7) is 1.88. The molecule has 1 aromatic heterocycles. The lowest BCUT2D eigenvalue weighted by Gasteiger charge is -2.05. The first-order valence-electron chi connectivity index (χ1n) is 8.07. The number of benzene rings is 2. The number of carbonyl (C=O) groups excluding carboxylic acids is 1. The fourth-order valence-corrected chi connectivity index (χ4v) is 3.87. The van der Waals surface area contributed by atoms with E-state index in [0.29, 0.717) is 22.2 Å². The van der Waals surface area contributed by atoms with Gasteiger partial charge in [0.05, 0.1) is 11.6 Å². The number of aryl methyl sites for hydroxylation is 1. The van der Waals surface area contributed by atoms with Gasteiger partial charge in [-0.15, -0.1) is 10.2 Å². The first-order chi connectivity index (χ1) is 13.1. The highest BCUT2D eigenvalue weighted by molar-refractivity contribution is 8.00. The van der Waals surface area contributed by atoms with Crippen LogP contribution in [0.5, 0.6) is 5.75 Å². The standard InChI is InChI=1S/C19H16N4O2S2/c1-13-3-2-4-16(9-13)25-11-17(24)21-18-22-23-19(27-18)26-12-15-7-5-14(10-20)6-8-15/h2-9H,11-12H2,1H3,(H,21,22,24). The van der Waals surface area contributed by atoms with Crippen molar-refractivity contribution in [3.63, 3.8) is 0 Å². The second-order valence-corrected chi connectivity index (χ2v) is 7.82. The molecule has 1 N–H and O–H groups in total. The zero-order valence-electron chi connectivity index (χ0n) is 14.5. The van der Waals surface area contributed by atoms with Crippen molar-refractivity contribution >= 4 is 34.1 Å². The minimum absolute atomic E-state index is 0.0866. The van der Waals surface area contributed by atoms with Crippen molar-refractivity contribution in [2.45, 2.75) is 17.0 Å². The van der Waals surface area contributed by atoms with Crippen LogP contribution in [0.3, 0.4) is 0 Å². The molecule has 0 saturated carbocycles. The molecular formula is C19H16N4O2S2. The topological polar surface area (TPSA) is 87.9 Å². The van der Waals surface area contributed by atoms with Crippen LogP contribution in [0.4, 0.5) is 5.13 Å². The summed E-state index contributed by atoms with van der Waals surface area (Å²) in [5.74, 6) is 1.09. The highest BCUT2D eigenvalue weighted by atomic mass is 32.2. The van der Waals surface area contributed by atoms with Crippen LogP contribution in [0, 0.1) is 18.3 Å². The molecule has 0 saturated heterocycles. The first-order valence-corrected chi connectivity index (χ1v) is 9.87. The summed E-state index contributed by atoms with van der Waals surface area (Å²) >= 11 is 2.84. The van der Waals surface area contributed by atoms with Gasteiger partial charge in [0.2, 0.25) is 5.13 Å². The second-order valence-electron chi connectivity index (χ2n) is 5.62. The number of nitrogens with zero attached hydrogens (tertiary/aromatic N) is 3. The number of ether oxygens (including phenoxy) is 1. The molecule has 0 aliphatic carbocycles. The number of aromatic nitrogens is 2. The van der Waals surface area contributed by atoms with Crippen molar-refractivity contribution in [1.82, 2.24) is 10.2 Å². The fraction of sp³-hybridized carbons (Fsp3) is 0.158. The molecule has 0 bridgehead atoms. The first kappa shape index (κ1) is 18.9. The van der Waals surface area contributed by atoms with Gasteiger partial charge in [0, 0.05) is 5.75 Å². The molecule has 0 unspecified atom stereocenters. The molecule has 136 valence electrons. The van der Waals surface area contributed by atoms with Crippen LogP contribution in [0.15, 0.2) is 52.9 Å². The quantitative estimate of drug-likeness (QED) is 0.479. The van der Waals surface area contributed by atoms with E-state index in [1.165, 1.54) is 23.1 Å². The van der Waals surface area contributed by atoms with E-state index in [4.69, 9.17) is 10.00 Å². The monoisotopic (exact) mass is 396 g/mol. The number of nitrogens with one attached hydrogen (secondary N) is 1. The van der Waals surface area contributed by atoms with Crippen molar-refractivity contribution in [2.75, 3.05) is 11.9 Å². The van der Waals surface area contributed by atoms with E-state index in [1.54, 1.807) is 12.1 Å². The lowest BCUT2D eigenvalue weighted by atomic mass is 10.2. The van der Waals surface area contributed by atoms with E-state index in [0.717, 1.165) is 15.5 Å². The Bertz CT molecular complexity index is 964. The van der Waals surface area contributed by atoms with Crippen molar-refractivity contribution in [3.8, 4) is 11.8 Å². The lowest BCUT2D eigenvalue weighted by Crippen LogP contribution is -2.20. The molecule has 27 heavy (non-hydrogen) atoms. The number of carbonyl (C=O) groups is 1. The van der Waals surface area contributed by atoms with Gasteiger partial charge in [-0.3, -0.25) is 10.1 Å². The van der Waals surface area contributed by atoms with E-state index in [-0.39, 0.29) is 12.5 Å². The maximum atomic E-state index is 12.0. The van der Waals surface area contributed by atoms with Crippen LogP contribution in [-0.2, 0) is 10.5 Å². The molecule has 0 spiro atoms. The van der Waals surface area contributed by atoms with Crippen molar-refractivity contribution in [1.29, 1.82) is 5.26 Å². The average molecular weight is 396 g/mol. The molecule has 2 aromatic carbocycles. The van der Waals surface area contributed by atoms with Gasteiger partial charge >= 0.3 is 0 Å². The van der Waals surface area contributed by atoms with E-state index in [9.17, 15) is 4.79 Å². The number of nitriles is 1. The van der Waals surface area contributed by atoms with Crippen molar-refractivity contribution < 1.29 is 9.53 Å². The third kappa shape index (κ3) is 5.81. The van der Waals surface area contributed by atoms with Gasteiger partial charge in [0.1, 0.15) is 5.75 Å². The van der Waals surface area contributed by atoms with Crippen LogP contribution in [0.25, 0.3) is 0 Å². The smallest absolute Gasteiger partial charge is 0.264 e. The average Bonchev–Trinajstić information content (AvgIpc) is 3.12. The molecule has 0 aliphatic rings. The summed E-state index contributed by atoms with van der Waals surface area (Å²) in [5, 5.41) is 20.0. The molecule has 0 aliphatic heterocycles. The van der Waals surface area contributed by atoms with Gasteiger partial charge in [-0.1, -0.05) is 47.4 Å². The summed E-state index contributed by atoms with van der Waals surface area (Å²) in [4.78, 5) is 12.0. The zero-order valence-corrected chi connectivity index (χ0v) is 16.1. The molecule has 1 amide bonds. The molecule has 1 heterocycles. The van der Waals surface area contributed by atoms with E-state index < -0.39 is 0 Å². The Balaban J connectivity index is 1.46. The third-order valence-electron chi connectivity index (χ3n) is 3.46. The summed E-state index contributed by atoms with van der Waals surface area (Å²) in [6.07, 6.45) is 0. The van der Waals surface area contributed by atoms with Gasteiger partial charge in [-0.2, -0.15) is 5.26 Å². The van der Waals surface area contributed by atoms with E-state index in [1.807, 2.05) is 43.3 Å². The van der Waals surface area contributed by atoms with Gasteiger partial charge < -0.3 is 4.74 Å². The highest BCUT2D eigenvalue weighted by Gasteiger charge is 2.10. The fourth-order valence-electron chi connectivity index (χ4n) is 2.15. The van der Waals surface area contributed by atoms with Crippen molar-refractivity contribution in [2.24, 2.45) is 0 Å². The minimum Gasteiger partial charge on any atom is -0.484 e. The molecule has 8 heteroatoms. The summed E-state index contributed by atoms with van der Waals surface area (Å²) in [7, 11) is 0. The molecule has 3 aromatic rings.